The Kier molecular flexibility index (Phi) is 15.1. The van der Waals surface area contributed by atoms with E-state index in [0.29, 0.717) is 6.42 Å². The molecule has 0 aromatic heterocycles. The Bertz CT molecular complexity index is 421. The second kappa shape index (κ2) is 16.2. The zero-order valence-electron chi connectivity index (χ0n) is 14.7. The second-order valence-electron chi connectivity index (χ2n) is 5.72. The minimum Gasteiger partial charge on any atom is -0.481 e. The molecule has 4 nitrogen and oxygen atoms in total. The number of rotatable bonds is 14. The number of carbonyl (C=O) groups is 1. The van der Waals surface area contributed by atoms with Crippen molar-refractivity contribution >= 4 is 5.97 Å². The summed E-state index contributed by atoms with van der Waals surface area (Å²) in [6, 6.07) is 0. The smallest absolute Gasteiger partial charge is 0.305 e. The highest BCUT2D eigenvalue weighted by Gasteiger charge is 2.06. The van der Waals surface area contributed by atoms with Crippen LogP contribution in [0.3, 0.4) is 0 Å². The predicted molar refractivity (Wildman–Crippen MR) is 98.8 cm³/mol. The molecule has 2 atom stereocenters. The van der Waals surface area contributed by atoms with E-state index in [0.717, 1.165) is 38.5 Å². The number of aliphatic carboxylic acids is 1. The number of aliphatic hydroxyl groups is 2. The molecule has 0 fully saturated rings. The van der Waals surface area contributed by atoms with Crippen molar-refractivity contribution in [2.45, 2.75) is 70.5 Å². The van der Waals surface area contributed by atoms with E-state index in [2.05, 4.69) is 30.4 Å². The average molecular weight is 336 g/mol. The molecule has 4 heteroatoms. The highest BCUT2D eigenvalue weighted by atomic mass is 16.4. The summed E-state index contributed by atoms with van der Waals surface area (Å²) in [5.41, 5.74) is 0. The van der Waals surface area contributed by atoms with Gasteiger partial charge in [-0.25, -0.2) is 0 Å². The van der Waals surface area contributed by atoms with Crippen LogP contribution >= 0.6 is 0 Å². The third-order valence-corrected chi connectivity index (χ3v) is 3.44. The third kappa shape index (κ3) is 16.7. The Balaban J connectivity index is 3.57. The van der Waals surface area contributed by atoms with Crippen molar-refractivity contribution < 1.29 is 20.1 Å². The maximum absolute atomic E-state index is 10.4. The molecule has 0 radical (unpaired) electrons. The number of hydrogen-bond acceptors (Lipinski definition) is 3. The van der Waals surface area contributed by atoms with Crippen molar-refractivity contribution in [3.63, 3.8) is 0 Å². The van der Waals surface area contributed by atoms with E-state index in [9.17, 15) is 15.0 Å². The van der Waals surface area contributed by atoms with E-state index in [1.54, 1.807) is 0 Å². The zero-order valence-corrected chi connectivity index (χ0v) is 14.7. The summed E-state index contributed by atoms with van der Waals surface area (Å²) in [7, 11) is 0. The maximum atomic E-state index is 10.4. The van der Waals surface area contributed by atoms with Crippen LogP contribution in [0.2, 0.25) is 0 Å². The molecule has 24 heavy (non-hydrogen) atoms. The molecule has 0 spiro atoms. The third-order valence-electron chi connectivity index (χ3n) is 3.44. The molecule has 0 heterocycles. The minimum atomic E-state index is -0.976. The molecular weight excluding hydrogens is 304 g/mol. The van der Waals surface area contributed by atoms with Gasteiger partial charge in [-0.05, 0) is 44.9 Å². The van der Waals surface area contributed by atoms with E-state index >= 15 is 0 Å². The van der Waals surface area contributed by atoms with Gasteiger partial charge in [0.15, 0.2) is 0 Å². The molecule has 0 saturated heterocycles. The molecule has 0 aromatic rings. The molecule has 2 unspecified atom stereocenters. The van der Waals surface area contributed by atoms with Gasteiger partial charge in [-0.3, -0.25) is 4.79 Å². The van der Waals surface area contributed by atoms with Crippen LogP contribution in [0.1, 0.15) is 58.3 Å². The van der Waals surface area contributed by atoms with E-state index in [1.807, 2.05) is 25.2 Å². The van der Waals surface area contributed by atoms with Gasteiger partial charge in [0.25, 0.3) is 0 Å². The summed E-state index contributed by atoms with van der Waals surface area (Å²) >= 11 is 0. The lowest BCUT2D eigenvalue weighted by atomic mass is 10.1. The van der Waals surface area contributed by atoms with Gasteiger partial charge in [0.1, 0.15) is 0 Å². The van der Waals surface area contributed by atoms with Gasteiger partial charge in [0.2, 0.25) is 0 Å². The van der Waals surface area contributed by atoms with Gasteiger partial charge in [-0.15, -0.1) is 0 Å². The largest absolute Gasteiger partial charge is 0.481 e. The quantitative estimate of drug-likeness (QED) is 0.416. The van der Waals surface area contributed by atoms with Gasteiger partial charge in [0.05, 0.1) is 18.6 Å². The van der Waals surface area contributed by atoms with Crippen molar-refractivity contribution in [3.8, 4) is 0 Å². The molecule has 0 saturated carbocycles. The Morgan fingerprint density at radius 3 is 1.83 bits per heavy atom. The van der Waals surface area contributed by atoms with Crippen LogP contribution in [0.15, 0.2) is 48.6 Å². The second-order valence-corrected chi connectivity index (χ2v) is 5.72. The van der Waals surface area contributed by atoms with Crippen molar-refractivity contribution in [1.29, 1.82) is 0 Å². The van der Waals surface area contributed by atoms with Crippen LogP contribution in [0, 0.1) is 0 Å². The Morgan fingerprint density at radius 1 is 0.833 bits per heavy atom. The summed E-state index contributed by atoms with van der Waals surface area (Å²) in [6.45, 7) is 1.99. The molecule has 0 aliphatic heterocycles. The Morgan fingerprint density at radius 2 is 1.33 bits per heavy atom. The number of allylic oxidation sites excluding steroid dienone is 7. The van der Waals surface area contributed by atoms with Crippen LogP contribution in [0.25, 0.3) is 0 Å². The lowest BCUT2D eigenvalue weighted by Gasteiger charge is -2.03. The number of hydrogen-bond donors (Lipinski definition) is 3. The molecule has 3 N–H and O–H groups in total. The molecule has 0 aliphatic rings. The minimum absolute atomic E-state index is 0.176. The number of carboxylic acids is 1. The predicted octanol–water partition coefficient (Wildman–Crippen LogP) is 4.16. The van der Waals surface area contributed by atoms with Crippen LogP contribution in [0.5, 0.6) is 0 Å². The monoisotopic (exact) mass is 336 g/mol. The average Bonchev–Trinajstić information content (AvgIpc) is 2.54. The first-order valence-corrected chi connectivity index (χ1v) is 8.74. The maximum Gasteiger partial charge on any atom is 0.305 e. The van der Waals surface area contributed by atoms with E-state index in [-0.39, 0.29) is 12.5 Å². The first kappa shape index (κ1) is 22.4. The zero-order chi connectivity index (χ0) is 18.0. The van der Waals surface area contributed by atoms with Crippen molar-refractivity contribution in [3.05, 3.63) is 48.6 Å². The van der Waals surface area contributed by atoms with Crippen molar-refractivity contribution in [2.24, 2.45) is 0 Å². The Labute approximate surface area is 145 Å². The Hall–Kier alpha value is -1.65. The fourth-order valence-corrected chi connectivity index (χ4v) is 1.96. The van der Waals surface area contributed by atoms with Gasteiger partial charge < -0.3 is 15.3 Å². The number of carboxylic acid groups (broad SMARTS) is 1. The highest BCUT2D eigenvalue weighted by molar-refractivity contribution is 5.67. The summed E-state index contributed by atoms with van der Waals surface area (Å²) in [6.07, 6.45) is 20.7. The fraction of sp³-hybridized carbons (Fsp3) is 0.550. The van der Waals surface area contributed by atoms with Crippen LogP contribution in [0.4, 0.5) is 0 Å². The molecular formula is C20H32O4. The SMILES string of the molecule is CCC(O)CCC=CCC=CCC=CCC=CCC(O)CC(=O)O. The summed E-state index contributed by atoms with van der Waals surface area (Å²) in [5, 5.41) is 27.3. The normalized spacial score (nSPS) is 15.1. The van der Waals surface area contributed by atoms with Crippen LogP contribution in [-0.4, -0.2) is 33.5 Å². The van der Waals surface area contributed by atoms with Gasteiger partial charge in [0, 0.05) is 0 Å². The lowest BCUT2D eigenvalue weighted by molar-refractivity contribution is -0.139. The summed E-state index contributed by atoms with van der Waals surface area (Å²) in [5.74, 6) is -0.976. The molecule has 0 aliphatic carbocycles. The molecule has 0 rings (SSSR count). The van der Waals surface area contributed by atoms with Crippen molar-refractivity contribution in [2.75, 3.05) is 0 Å². The van der Waals surface area contributed by atoms with Gasteiger partial charge >= 0.3 is 5.97 Å². The van der Waals surface area contributed by atoms with Gasteiger partial charge in [-0.2, -0.15) is 0 Å². The van der Waals surface area contributed by atoms with E-state index in [1.165, 1.54) is 0 Å². The van der Waals surface area contributed by atoms with E-state index in [4.69, 9.17) is 5.11 Å². The summed E-state index contributed by atoms with van der Waals surface area (Å²) in [4.78, 5) is 10.4. The molecule has 0 aromatic carbocycles. The first-order chi connectivity index (χ1) is 11.6. The highest BCUT2D eigenvalue weighted by Crippen LogP contribution is 2.03. The lowest BCUT2D eigenvalue weighted by Crippen LogP contribution is -2.11. The standard InChI is InChI=1S/C20H32O4/c1-2-18(21)15-13-11-9-7-5-3-4-6-8-10-12-14-16-19(22)17-20(23)24/h3,5-6,8-9,11-12,14,18-19,21-22H,2,4,7,10,13,15-17H2,1H3,(H,23,24). The fourth-order valence-electron chi connectivity index (χ4n) is 1.96. The topological polar surface area (TPSA) is 77.8 Å². The first-order valence-electron chi connectivity index (χ1n) is 8.74. The van der Waals surface area contributed by atoms with Crippen LogP contribution < -0.4 is 0 Å². The summed E-state index contributed by atoms with van der Waals surface area (Å²) < 4.78 is 0. The van der Waals surface area contributed by atoms with Crippen molar-refractivity contribution in [1.82, 2.24) is 0 Å². The molecule has 0 amide bonds. The molecule has 0 bridgehead atoms. The number of aliphatic hydroxyl groups excluding tert-OH is 2. The van der Waals surface area contributed by atoms with Gasteiger partial charge in [-0.1, -0.05) is 55.5 Å². The molecule has 136 valence electrons. The van der Waals surface area contributed by atoms with Crippen LogP contribution in [-0.2, 0) is 4.79 Å². The van der Waals surface area contributed by atoms with E-state index < -0.39 is 12.1 Å².